The molecule has 1 amide bonds. The summed E-state index contributed by atoms with van der Waals surface area (Å²) in [6.07, 6.45) is 3.46. The maximum atomic E-state index is 12.5. The molecule has 0 spiro atoms. The van der Waals surface area contributed by atoms with Gasteiger partial charge >= 0.3 is 0 Å². The van der Waals surface area contributed by atoms with Crippen molar-refractivity contribution < 1.29 is 4.79 Å². The lowest BCUT2D eigenvalue weighted by Crippen LogP contribution is -2.41. The molecule has 1 rings (SSSR count). The second-order valence-corrected chi connectivity index (χ2v) is 7.11. The monoisotopic (exact) mass is 251 g/mol. The maximum absolute atomic E-state index is 12.5. The van der Waals surface area contributed by atoms with Crippen LogP contribution in [-0.2, 0) is 4.79 Å². The summed E-state index contributed by atoms with van der Waals surface area (Å²) in [5.74, 6) is 0.247. The summed E-state index contributed by atoms with van der Waals surface area (Å²) in [5, 5.41) is 0. The number of carbonyl (C=O) groups is 1. The molecule has 0 N–H and O–H groups in total. The quantitative estimate of drug-likeness (QED) is 0.714. The van der Waals surface area contributed by atoms with Crippen molar-refractivity contribution in [2.75, 3.05) is 6.54 Å². The third kappa shape index (κ3) is 2.96. The van der Waals surface area contributed by atoms with Crippen LogP contribution in [0.3, 0.4) is 0 Å². The van der Waals surface area contributed by atoms with Gasteiger partial charge in [0, 0.05) is 17.7 Å². The van der Waals surface area contributed by atoms with E-state index >= 15 is 0 Å². The molecule has 1 aliphatic rings. The van der Waals surface area contributed by atoms with Gasteiger partial charge in [0.05, 0.1) is 0 Å². The second-order valence-electron chi connectivity index (χ2n) is 7.11. The molecule has 0 heterocycles. The molecule has 0 bridgehead atoms. The zero-order chi connectivity index (χ0) is 14.1. The third-order valence-corrected chi connectivity index (χ3v) is 4.19. The SMILES string of the molecule is CCN(C(=O)C(C)(C)C)C1=C(C)C(C)(C)CCC1. The zero-order valence-corrected chi connectivity index (χ0v) is 13.2. The molecular formula is C16H29NO. The highest BCUT2D eigenvalue weighted by molar-refractivity contribution is 5.83. The first kappa shape index (κ1) is 15.3. The average molecular weight is 251 g/mol. The van der Waals surface area contributed by atoms with Crippen molar-refractivity contribution in [3.8, 4) is 0 Å². The molecule has 0 saturated heterocycles. The average Bonchev–Trinajstić information content (AvgIpc) is 2.23. The maximum Gasteiger partial charge on any atom is 0.232 e. The van der Waals surface area contributed by atoms with Crippen LogP contribution in [0.1, 0.15) is 67.7 Å². The van der Waals surface area contributed by atoms with E-state index in [1.165, 1.54) is 24.1 Å². The van der Waals surface area contributed by atoms with Crippen molar-refractivity contribution in [2.45, 2.75) is 67.7 Å². The van der Waals surface area contributed by atoms with Crippen molar-refractivity contribution in [1.82, 2.24) is 4.90 Å². The Morgan fingerprint density at radius 3 is 2.33 bits per heavy atom. The zero-order valence-electron chi connectivity index (χ0n) is 13.2. The summed E-state index contributed by atoms with van der Waals surface area (Å²) < 4.78 is 0. The van der Waals surface area contributed by atoms with Gasteiger partial charge in [-0.05, 0) is 44.1 Å². The van der Waals surface area contributed by atoms with E-state index in [0.29, 0.717) is 0 Å². The first-order valence-electron chi connectivity index (χ1n) is 7.13. The molecule has 0 atom stereocenters. The molecule has 104 valence electrons. The van der Waals surface area contributed by atoms with Crippen LogP contribution in [0, 0.1) is 10.8 Å². The van der Waals surface area contributed by atoms with Crippen LogP contribution in [0.5, 0.6) is 0 Å². The van der Waals surface area contributed by atoms with E-state index in [-0.39, 0.29) is 16.7 Å². The minimum Gasteiger partial charge on any atom is -0.316 e. The molecule has 2 heteroatoms. The van der Waals surface area contributed by atoms with Crippen LogP contribution >= 0.6 is 0 Å². The molecule has 0 aliphatic heterocycles. The number of allylic oxidation sites excluding steroid dienone is 2. The fourth-order valence-corrected chi connectivity index (χ4v) is 2.66. The lowest BCUT2D eigenvalue weighted by atomic mass is 9.74. The largest absolute Gasteiger partial charge is 0.316 e. The fourth-order valence-electron chi connectivity index (χ4n) is 2.66. The van der Waals surface area contributed by atoms with Gasteiger partial charge in [-0.2, -0.15) is 0 Å². The van der Waals surface area contributed by atoms with Gasteiger partial charge in [0.15, 0.2) is 0 Å². The van der Waals surface area contributed by atoms with Gasteiger partial charge in [-0.3, -0.25) is 4.79 Å². The number of hydrogen-bond donors (Lipinski definition) is 0. The van der Waals surface area contributed by atoms with Gasteiger partial charge in [0.1, 0.15) is 0 Å². The van der Waals surface area contributed by atoms with Crippen LogP contribution in [0.25, 0.3) is 0 Å². The fraction of sp³-hybridized carbons (Fsp3) is 0.812. The smallest absolute Gasteiger partial charge is 0.232 e. The van der Waals surface area contributed by atoms with Crippen LogP contribution in [0.4, 0.5) is 0 Å². The number of amides is 1. The van der Waals surface area contributed by atoms with Crippen LogP contribution in [0.2, 0.25) is 0 Å². The van der Waals surface area contributed by atoms with Crippen molar-refractivity contribution in [3.05, 3.63) is 11.3 Å². The highest BCUT2D eigenvalue weighted by Crippen LogP contribution is 2.41. The molecule has 0 aromatic rings. The number of rotatable bonds is 2. The highest BCUT2D eigenvalue weighted by Gasteiger charge is 2.34. The Bertz CT molecular complexity index is 358. The normalized spacial score (nSPS) is 19.9. The Morgan fingerprint density at radius 1 is 1.33 bits per heavy atom. The predicted octanol–water partition coefficient (Wildman–Crippen LogP) is 4.37. The molecular weight excluding hydrogens is 222 g/mol. The molecule has 18 heavy (non-hydrogen) atoms. The minimum atomic E-state index is -0.301. The van der Waals surface area contributed by atoms with Crippen molar-refractivity contribution in [3.63, 3.8) is 0 Å². The van der Waals surface area contributed by atoms with Crippen molar-refractivity contribution in [2.24, 2.45) is 10.8 Å². The van der Waals surface area contributed by atoms with Gasteiger partial charge in [-0.25, -0.2) is 0 Å². The number of carbonyl (C=O) groups excluding carboxylic acids is 1. The lowest BCUT2D eigenvalue weighted by Gasteiger charge is -2.39. The van der Waals surface area contributed by atoms with Crippen LogP contribution in [-0.4, -0.2) is 17.4 Å². The van der Waals surface area contributed by atoms with E-state index in [1.54, 1.807) is 0 Å². The highest BCUT2D eigenvalue weighted by atomic mass is 16.2. The summed E-state index contributed by atoms with van der Waals surface area (Å²) in [7, 11) is 0. The van der Waals surface area contributed by atoms with Crippen molar-refractivity contribution in [1.29, 1.82) is 0 Å². The Kier molecular flexibility index (Phi) is 4.30. The molecule has 1 aliphatic carbocycles. The summed E-state index contributed by atoms with van der Waals surface area (Å²) >= 11 is 0. The second kappa shape index (κ2) is 5.07. The Labute approximate surface area is 112 Å². The van der Waals surface area contributed by atoms with Crippen LogP contribution in [0.15, 0.2) is 11.3 Å². The summed E-state index contributed by atoms with van der Waals surface area (Å²) in [5.41, 5.74) is 2.60. The lowest BCUT2D eigenvalue weighted by molar-refractivity contribution is -0.137. The van der Waals surface area contributed by atoms with E-state index in [4.69, 9.17) is 0 Å². The summed E-state index contributed by atoms with van der Waals surface area (Å²) in [6.45, 7) is 15.6. The van der Waals surface area contributed by atoms with E-state index in [1.807, 2.05) is 25.7 Å². The topological polar surface area (TPSA) is 20.3 Å². The predicted molar refractivity (Wildman–Crippen MR) is 77.2 cm³/mol. The Hall–Kier alpha value is -0.790. The molecule has 0 saturated carbocycles. The number of hydrogen-bond acceptors (Lipinski definition) is 1. The Morgan fingerprint density at radius 2 is 1.89 bits per heavy atom. The Balaban J connectivity index is 3.13. The standard InChI is InChI=1S/C16H29NO/c1-8-17(14(18)15(3,4)5)13-10-9-11-16(6,7)12(13)2/h8-11H2,1-7H3. The minimum absolute atomic E-state index is 0.235. The summed E-state index contributed by atoms with van der Waals surface area (Å²) in [4.78, 5) is 14.6. The molecule has 2 nitrogen and oxygen atoms in total. The van der Waals surface area contributed by atoms with Crippen molar-refractivity contribution >= 4 is 5.91 Å². The van der Waals surface area contributed by atoms with E-state index < -0.39 is 0 Å². The molecule has 0 radical (unpaired) electrons. The first-order chi connectivity index (χ1) is 8.11. The summed E-state index contributed by atoms with van der Waals surface area (Å²) in [6, 6.07) is 0. The van der Waals surface area contributed by atoms with E-state index in [2.05, 4.69) is 27.7 Å². The van der Waals surface area contributed by atoms with Gasteiger partial charge in [0.2, 0.25) is 5.91 Å². The van der Waals surface area contributed by atoms with Gasteiger partial charge in [-0.15, -0.1) is 0 Å². The van der Waals surface area contributed by atoms with Gasteiger partial charge in [-0.1, -0.05) is 34.6 Å². The van der Waals surface area contributed by atoms with Gasteiger partial charge in [0.25, 0.3) is 0 Å². The van der Waals surface area contributed by atoms with Gasteiger partial charge < -0.3 is 4.90 Å². The molecule has 0 unspecified atom stereocenters. The third-order valence-electron chi connectivity index (χ3n) is 4.19. The van der Waals surface area contributed by atoms with E-state index in [9.17, 15) is 4.79 Å². The molecule has 0 fully saturated rings. The molecule has 0 aromatic carbocycles. The van der Waals surface area contributed by atoms with Crippen LogP contribution < -0.4 is 0 Å². The molecule has 0 aromatic heterocycles. The number of nitrogens with zero attached hydrogens (tertiary/aromatic N) is 1. The van der Waals surface area contributed by atoms with E-state index in [0.717, 1.165) is 13.0 Å². The first-order valence-corrected chi connectivity index (χ1v) is 7.13.